The molecule has 0 saturated heterocycles. The summed E-state index contributed by atoms with van der Waals surface area (Å²) in [5, 5.41) is 7.94. The summed E-state index contributed by atoms with van der Waals surface area (Å²) >= 11 is 0. The van der Waals surface area contributed by atoms with Crippen LogP contribution in [-0.2, 0) is 0 Å². The van der Waals surface area contributed by atoms with Gasteiger partial charge in [0.2, 0.25) is 0 Å². The SMILES string of the molecule is C1=C/[C@@H]2[C@H]3CCCC[C@@H]3C[C@@H]2NCCCN[C@H]2C[C@H]3CCCC[C@@H]3[C@H]2/C=C/1. The van der Waals surface area contributed by atoms with Crippen LogP contribution in [0.4, 0.5) is 0 Å². The number of allylic oxidation sites excluding steroid dienone is 2. The molecule has 4 fully saturated rings. The van der Waals surface area contributed by atoms with E-state index in [1.54, 1.807) is 0 Å². The molecule has 1 heterocycles. The highest BCUT2D eigenvalue weighted by Gasteiger charge is 2.43. The van der Waals surface area contributed by atoms with Crippen LogP contribution in [0.1, 0.15) is 70.6 Å². The van der Waals surface area contributed by atoms with Crippen molar-refractivity contribution in [2.24, 2.45) is 35.5 Å². The average molecular weight is 369 g/mol. The van der Waals surface area contributed by atoms with Gasteiger partial charge in [0.05, 0.1) is 0 Å². The van der Waals surface area contributed by atoms with E-state index in [0.29, 0.717) is 0 Å². The summed E-state index contributed by atoms with van der Waals surface area (Å²) in [7, 11) is 0. The van der Waals surface area contributed by atoms with Crippen LogP contribution in [-0.4, -0.2) is 25.2 Å². The van der Waals surface area contributed by atoms with E-state index in [9.17, 15) is 0 Å². The predicted molar refractivity (Wildman–Crippen MR) is 114 cm³/mol. The molecule has 150 valence electrons. The summed E-state index contributed by atoms with van der Waals surface area (Å²) < 4.78 is 0. The predicted octanol–water partition coefficient (Wildman–Crippen LogP) is 5.07. The first kappa shape index (κ1) is 18.4. The molecule has 0 aromatic carbocycles. The molecule has 4 saturated carbocycles. The third-order valence-corrected chi connectivity index (χ3v) is 8.91. The fraction of sp³-hybridized carbons (Fsp3) is 0.840. The molecule has 2 N–H and O–H groups in total. The second-order valence-corrected chi connectivity index (χ2v) is 10.3. The highest BCUT2D eigenvalue weighted by atomic mass is 15.0. The zero-order valence-corrected chi connectivity index (χ0v) is 17.1. The molecule has 0 bridgehead atoms. The van der Waals surface area contributed by atoms with Gasteiger partial charge in [-0.25, -0.2) is 0 Å². The van der Waals surface area contributed by atoms with E-state index >= 15 is 0 Å². The first-order chi connectivity index (χ1) is 13.4. The first-order valence-electron chi connectivity index (χ1n) is 12.2. The number of nitrogens with one attached hydrogen (secondary N) is 2. The van der Waals surface area contributed by atoms with Crippen molar-refractivity contribution in [2.75, 3.05) is 13.1 Å². The summed E-state index contributed by atoms with van der Waals surface area (Å²) in [6.45, 7) is 2.39. The van der Waals surface area contributed by atoms with Gasteiger partial charge in [-0.1, -0.05) is 62.8 Å². The number of rotatable bonds is 0. The lowest BCUT2D eigenvalue weighted by Gasteiger charge is -2.28. The molecule has 0 aromatic rings. The average Bonchev–Trinajstić information content (AvgIpc) is 3.22. The van der Waals surface area contributed by atoms with Crippen LogP contribution in [0.2, 0.25) is 0 Å². The van der Waals surface area contributed by atoms with Crippen LogP contribution >= 0.6 is 0 Å². The van der Waals surface area contributed by atoms with Crippen molar-refractivity contribution < 1.29 is 0 Å². The normalized spacial score (nSPS) is 50.1. The third-order valence-electron chi connectivity index (χ3n) is 8.91. The Balaban J connectivity index is 1.33. The van der Waals surface area contributed by atoms with Gasteiger partial charge in [0.25, 0.3) is 0 Å². The molecule has 0 aromatic heterocycles. The summed E-state index contributed by atoms with van der Waals surface area (Å²) in [6, 6.07) is 1.46. The Labute approximate surface area is 166 Å². The molecule has 0 unspecified atom stereocenters. The van der Waals surface area contributed by atoms with E-state index in [1.807, 2.05) is 0 Å². The molecule has 0 radical (unpaired) electrons. The maximum atomic E-state index is 3.97. The van der Waals surface area contributed by atoms with E-state index in [2.05, 4.69) is 34.9 Å². The Morgan fingerprint density at radius 1 is 0.556 bits per heavy atom. The van der Waals surface area contributed by atoms with Crippen molar-refractivity contribution in [1.82, 2.24) is 10.6 Å². The topological polar surface area (TPSA) is 24.1 Å². The molecule has 1 aliphatic heterocycles. The molecule has 2 heteroatoms. The van der Waals surface area contributed by atoms with Gasteiger partial charge in [0.15, 0.2) is 0 Å². The highest BCUT2D eigenvalue weighted by Crippen LogP contribution is 2.48. The van der Waals surface area contributed by atoms with Crippen molar-refractivity contribution >= 4 is 0 Å². The van der Waals surface area contributed by atoms with Crippen molar-refractivity contribution in [1.29, 1.82) is 0 Å². The summed E-state index contributed by atoms with van der Waals surface area (Å²) in [4.78, 5) is 0. The van der Waals surface area contributed by atoms with Gasteiger partial charge in [-0.15, -0.1) is 0 Å². The van der Waals surface area contributed by atoms with E-state index in [1.165, 1.54) is 83.7 Å². The minimum Gasteiger partial charge on any atom is -0.313 e. The van der Waals surface area contributed by atoms with Crippen molar-refractivity contribution in [3.05, 3.63) is 24.3 Å². The van der Waals surface area contributed by atoms with E-state index in [0.717, 1.165) is 47.6 Å². The van der Waals surface area contributed by atoms with E-state index < -0.39 is 0 Å². The number of fused-ring (bicyclic) bond motifs is 6. The van der Waals surface area contributed by atoms with Gasteiger partial charge in [-0.05, 0) is 80.7 Å². The molecule has 0 spiro atoms. The van der Waals surface area contributed by atoms with Crippen LogP contribution in [0, 0.1) is 35.5 Å². The molecule has 8 atom stereocenters. The lowest BCUT2D eigenvalue weighted by atomic mass is 9.77. The van der Waals surface area contributed by atoms with Gasteiger partial charge >= 0.3 is 0 Å². The molecule has 5 aliphatic rings. The first-order valence-corrected chi connectivity index (χ1v) is 12.2. The Bertz CT molecular complexity index is 505. The molecule has 5 rings (SSSR count). The fourth-order valence-corrected chi connectivity index (χ4v) is 7.68. The molecule has 4 aliphatic carbocycles. The quantitative estimate of drug-likeness (QED) is 0.624. The lowest BCUT2D eigenvalue weighted by Crippen LogP contribution is -2.37. The fourth-order valence-electron chi connectivity index (χ4n) is 7.68. The smallest absolute Gasteiger partial charge is 0.0135 e. The minimum absolute atomic E-state index is 0.728. The molecule has 27 heavy (non-hydrogen) atoms. The zero-order valence-electron chi connectivity index (χ0n) is 17.1. The van der Waals surface area contributed by atoms with Crippen LogP contribution < -0.4 is 10.6 Å². The number of hydrogen-bond donors (Lipinski definition) is 2. The summed E-state index contributed by atoms with van der Waals surface area (Å²) in [5.74, 6) is 5.43. The van der Waals surface area contributed by atoms with Crippen molar-refractivity contribution in [2.45, 2.75) is 82.7 Å². The van der Waals surface area contributed by atoms with Crippen molar-refractivity contribution in [3.8, 4) is 0 Å². The monoisotopic (exact) mass is 368 g/mol. The van der Waals surface area contributed by atoms with Gasteiger partial charge in [-0.3, -0.25) is 0 Å². The Morgan fingerprint density at radius 2 is 1.04 bits per heavy atom. The standard InChI is InChI=1S/C25H40N2/c1-3-10-20-18(8-1)16-24-22(20)12-5-6-13-23-21-11-4-2-9-19(21)17-25(23)27-15-7-14-26-24/h5-6,12-13,18-27H,1-4,7-11,14-17H2/b12-5+,13-6+/t18-,19-,20+,21+,22-,23-,24+,25+/m1/s1. The van der Waals surface area contributed by atoms with E-state index in [-0.39, 0.29) is 0 Å². The largest absolute Gasteiger partial charge is 0.313 e. The molecule has 2 nitrogen and oxygen atoms in total. The van der Waals surface area contributed by atoms with Gasteiger partial charge in [0.1, 0.15) is 0 Å². The second-order valence-electron chi connectivity index (χ2n) is 10.3. The third kappa shape index (κ3) is 3.81. The molecule has 0 amide bonds. The molecular weight excluding hydrogens is 328 g/mol. The zero-order chi connectivity index (χ0) is 18.1. The Kier molecular flexibility index (Phi) is 5.74. The van der Waals surface area contributed by atoms with Crippen LogP contribution in [0.3, 0.4) is 0 Å². The Hall–Kier alpha value is -0.600. The van der Waals surface area contributed by atoms with Crippen molar-refractivity contribution in [3.63, 3.8) is 0 Å². The second kappa shape index (κ2) is 8.41. The summed E-state index contributed by atoms with van der Waals surface area (Å²) in [5.41, 5.74) is 0. The Morgan fingerprint density at radius 3 is 1.56 bits per heavy atom. The minimum atomic E-state index is 0.728. The maximum Gasteiger partial charge on any atom is 0.0135 e. The van der Waals surface area contributed by atoms with Gasteiger partial charge in [-0.2, -0.15) is 0 Å². The van der Waals surface area contributed by atoms with Crippen LogP contribution in [0.25, 0.3) is 0 Å². The van der Waals surface area contributed by atoms with E-state index in [4.69, 9.17) is 0 Å². The lowest BCUT2D eigenvalue weighted by molar-refractivity contribution is 0.247. The van der Waals surface area contributed by atoms with Crippen LogP contribution in [0.15, 0.2) is 24.3 Å². The van der Waals surface area contributed by atoms with Crippen LogP contribution in [0.5, 0.6) is 0 Å². The molecular formula is C25H40N2. The highest BCUT2D eigenvalue weighted by molar-refractivity contribution is 5.15. The maximum absolute atomic E-state index is 3.97. The summed E-state index contributed by atoms with van der Waals surface area (Å²) in [6.07, 6.45) is 26.0. The van der Waals surface area contributed by atoms with Gasteiger partial charge < -0.3 is 10.6 Å². The van der Waals surface area contributed by atoms with Gasteiger partial charge in [0, 0.05) is 12.1 Å². The number of hydrogen-bond acceptors (Lipinski definition) is 2.